The summed E-state index contributed by atoms with van der Waals surface area (Å²) >= 11 is 0. The Balaban J connectivity index is 2.28. The molecule has 0 atom stereocenters. The quantitative estimate of drug-likeness (QED) is 0.673. The van der Waals surface area contributed by atoms with Crippen molar-refractivity contribution < 1.29 is 7.77 Å². The Labute approximate surface area is 105 Å². The van der Waals surface area contributed by atoms with Gasteiger partial charge in [0.15, 0.2) is 0 Å². The van der Waals surface area contributed by atoms with E-state index in [0.717, 1.165) is 11.9 Å². The van der Waals surface area contributed by atoms with Crippen LogP contribution < -0.4 is 0 Å². The number of hydrogen-bond donors (Lipinski definition) is 1. The number of nitrogens with one attached hydrogen (secondary N) is 1. The molecular weight excluding hydrogens is 258 g/mol. The summed E-state index contributed by atoms with van der Waals surface area (Å²) in [7, 11) is -3.98. The molecule has 0 amide bonds. The fourth-order valence-corrected chi connectivity index (χ4v) is 1.99. The molecule has 1 aromatic heterocycles. The molecule has 0 saturated carbocycles. The van der Waals surface area contributed by atoms with Crippen LogP contribution in [0, 0.1) is 12.3 Å². The van der Waals surface area contributed by atoms with Gasteiger partial charge in [-0.25, -0.2) is 9.67 Å². The maximum atomic E-state index is 13.1. The summed E-state index contributed by atoms with van der Waals surface area (Å²) in [5.41, 5.74) is 0.958. The highest BCUT2D eigenvalue weighted by Gasteiger charge is 2.23. The first-order valence-electron chi connectivity index (χ1n) is 5.13. The average Bonchev–Trinajstić information content (AvgIpc) is 2.74. The van der Waals surface area contributed by atoms with E-state index in [4.69, 9.17) is 5.41 Å². The molecule has 7 heteroatoms. The summed E-state index contributed by atoms with van der Waals surface area (Å²) in [6.45, 7) is 1.77. The largest absolute Gasteiger partial charge is 0.291 e. The standard InChI is InChI=1S/C11H12F2N4S/c1-8-15-7-17(16-8)10-5-3-9(4-6-10)11(14)18(2,12)13/h3-7,14H,1-2H3. The Bertz CT molecular complexity index is 571. The van der Waals surface area contributed by atoms with Crippen LogP contribution in [0.1, 0.15) is 11.4 Å². The van der Waals surface area contributed by atoms with E-state index in [1.54, 1.807) is 30.1 Å². The molecule has 2 aromatic rings. The van der Waals surface area contributed by atoms with E-state index in [-0.39, 0.29) is 5.56 Å². The first kappa shape index (κ1) is 12.7. The van der Waals surface area contributed by atoms with E-state index < -0.39 is 15.8 Å². The van der Waals surface area contributed by atoms with Crippen LogP contribution in [0.5, 0.6) is 0 Å². The van der Waals surface area contributed by atoms with Crippen LogP contribution in [0.15, 0.2) is 30.6 Å². The molecule has 1 heterocycles. The van der Waals surface area contributed by atoms with E-state index >= 15 is 0 Å². The van der Waals surface area contributed by atoms with Crippen molar-refractivity contribution in [2.24, 2.45) is 0 Å². The smallest absolute Gasteiger partial charge is 0.147 e. The van der Waals surface area contributed by atoms with Crippen LogP contribution in [0.4, 0.5) is 7.77 Å². The van der Waals surface area contributed by atoms with Gasteiger partial charge in [-0.05, 0) is 19.1 Å². The lowest BCUT2D eigenvalue weighted by atomic mass is 10.2. The Morgan fingerprint density at radius 3 is 2.33 bits per heavy atom. The topological polar surface area (TPSA) is 54.6 Å². The molecule has 1 aromatic carbocycles. The number of benzene rings is 1. The van der Waals surface area contributed by atoms with Gasteiger partial charge in [-0.15, -0.1) is 0 Å². The van der Waals surface area contributed by atoms with Crippen molar-refractivity contribution in [2.75, 3.05) is 6.26 Å². The minimum Gasteiger partial charge on any atom is -0.291 e. The van der Waals surface area contributed by atoms with Crippen LogP contribution >= 0.6 is 10.8 Å². The van der Waals surface area contributed by atoms with E-state index in [9.17, 15) is 7.77 Å². The molecule has 0 unspecified atom stereocenters. The number of nitrogens with zero attached hydrogens (tertiary/aromatic N) is 3. The first-order valence-corrected chi connectivity index (χ1v) is 6.97. The van der Waals surface area contributed by atoms with Crippen LogP contribution in [0.3, 0.4) is 0 Å². The SMILES string of the molecule is Cc1ncn(-c2ccc(C(=N)S(C)(F)F)cc2)n1. The summed E-state index contributed by atoms with van der Waals surface area (Å²) in [6, 6.07) is 6.28. The number of aryl methyl sites for hydroxylation is 1. The zero-order valence-electron chi connectivity index (χ0n) is 9.89. The highest BCUT2D eigenvalue weighted by Crippen LogP contribution is 2.50. The van der Waals surface area contributed by atoms with Crippen molar-refractivity contribution in [1.29, 1.82) is 5.41 Å². The van der Waals surface area contributed by atoms with E-state index in [1.165, 1.54) is 12.1 Å². The molecule has 18 heavy (non-hydrogen) atoms. The third-order valence-corrected chi connectivity index (χ3v) is 3.31. The van der Waals surface area contributed by atoms with E-state index in [2.05, 4.69) is 10.1 Å². The van der Waals surface area contributed by atoms with Gasteiger partial charge < -0.3 is 0 Å². The van der Waals surface area contributed by atoms with Gasteiger partial charge in [0.1, 0.15) is 17.2 Å². The lowest BCUT2D eigenvalue weighted by Crippen LogP contribution is -2.03. The maximum absolute atomic E-state index is 13.1. The summed E-state index contributed by atoms with van der Waals surface area (Å²) in [4.78, 5) is 3.98. The summed E-state index contributed by atoms with van der Waals surface area (Å²) in [5.74, 6) is 0.636. The third kappa shape index (κ3) is 2.56. The Morgan fingerprint density at radius 1 is 1.28 bits per heavy atom. The van der Waals surface area contributed by atoms with Gasteiger partial charge in [0.2, 0.25) is 0 Å². The number of rotatable bonds is 2. The molecule has 1 N–H and O–H groups in total. The van der Waals surface area contributed by atoms with Crippen molar-refractivity contribution in [2.45, 2.75) is 6.92 Å². The fourth-order valence-electron chi connectivity index (χ4n) is 1.44. The zero-order chi connectivity index (χ0) is 13.3. The van der Waals surface area contributed by atoms with Gasteiger partial charge in [-0.3, -0.25) is 5.41 Å². The molecule has 0 aliphatic rings. The predicted octanol–water partition coefficient (Wildman–Crippen LogP) is 3.10. The maximum Gasteiger partial charge on any atom is 0.147 e. The molecule has 0 spiro atoms. The lowest BCUT2D eigenvalue weighted by molar-refractivity contribution is 0.776. The summed E-state index contributed by atoms with van der Waals surface area (Å²) < 4.78 is 27.7. The number of halogens is 2. The second-order valence-electron chi connectivity index (χ2n) is 3.84. The second-order valence-corrected chi connectivity index (χ2v) is 5.70. The molecule has 0 aliphatic heterocycles. The van der Waals surface area contributed by atoms with Crippen molar-refractivity contribution in [3.05, 3.63) is 42.0 Å². The molecule has 0 radical (unpaired) electrons. The highest BCUT2D eigenvalue weighted by molar-refractivity contribution is 8.37. The van der Waals surface area contributed by atoms with Crippen LogP contribution in [0.2, 0.25) is 0 Å². The first-order chi connectivity index (χ1) is 8.38. The van der Waals surface area contributed by atoms with Crippen molar-refractivity contribution in [1.82, 2.24) is 14.8 Å². The Kier molecular flexibility index (Phi) is 3.16. The number of aromatic nitrogens is 3. The summed E-state index contributed by atoms with van der Waals surface area (Å²) in [5, 5.41) is 10.9. The molecule has 0 saturated heterocycles. The van der Waals surface area contributed by atoms with Crippen LogP contribution in [0.25, 0.3) is 5.69 Å². The monoisotopic (exact) mass is 270 g/mol. The Hall–Kier alpha value is -1.76. The minimum atomic E-state index is -3.98. The lowest BCUT2D eigenvalue weighted by Gasteiger charge is -2.15. The van der Waals surface area contributed by atoms with Gasteiger partial charge in [-0.1, -0.05) is 12.1 Å². The van der Waals surface area contributed by atoms with E-state index in [0.29, 0.717) is 5.82 Å². The van der Waals surface area contributed by atoms with Gasteiger partial charge in [-0.2, -0.15) is 12.9 Å². The molecule has 0 fully saturated rings. The van der Waals surface area contributed by atoms with Crippen molar-refractivity contribution in [3.8, 4) is 5.69 Å². The summed E-state index contributed by atoms with van der Waals surface area (Å²) in [6.07, 6.45) is 2.35. The van der Waals surface area contributed by atoms with Gasteiger partial charge >= 0.3 is 0 Å². The van der Waals surface area contributed by atoms with Crippen molar-refractivity contribution in [3.63, 3.8) is 0 Å². The van der Waals surface area contributed by atoms with Gasteiger partial charge in [0, 0.05) is 11.8 Å². The Morgan fingerprint density at radius 2 is 1.89 bits per heavy atom. The molecular formula is C11H12F2N4S. The van der Waals surface area contributed by atoms with Gasteiger partial charge in [0.25, 0.3) is 0 Å². The molecule has 4 nitrogen and oxygen atoms in total. The fraction of sp³-hybridized carbons (Fsp3) is 0.182. The van der Waals surface area contributed by atoms with Gasteiger partial charge in [0.05, 0.1) is 16.5 Å². The zero-order valence-corrected chi connectivity index (χ0v) is 10.7. The van der Waals surface area contributed by atoms with Crippen molar-refractivity contribution >= 4 is 15.8 Å². The minimum absolute atomic E-state index is 0.234. The highest BCUT2D eigenvalue weighted by atomic mass is 32.3. The normalized spacial score (nSPS) is 12.4. The molecule has 2 rings (SSSR count). The predicted molar refractivity (Wildman–Crippen MR) is 68.7 cm³/mol. The molecule has 0 bridgehead atoms. The molecule has 0 aliphatic carbocycles. The molecule has 96 valence electrons. The number of hydrogen-bond acceptors (Lipinski definition) is 3. The third-order valence-electron chi connectivity index (χ3n) is 2.36. The van der Waals surface area contributed by atoms with Crippen LogP contribution in [-0.4, -0.2) is 26.1 Å². The second kappa shape index (κ2) is 4.49. The van der Waals surface area contributed by atoms with Crippen LogP contribution in [-0.2, 0) is 0 Å². The average molecular weight is 270 g/mol. The van der Waals surface area contributed by atoms with E-state index in [1.807, 2.05) is 0 Å².